The number of anilines is 1. The number of benzene rings is 3. The maximum atomic E-state index is 12.4. The minimum Gasteiger partial charge on any atom is -0.322 e. The molecule has 0 aliphatic rings. The summed E-state index contributed by atoms with van der Waals surface area (Å²) in [5.41, 5.74) is 1.47. The molecule has 0 aliphatic heterocycles. The summed E-state index contributed by atoms with van der Waals surface area (Å²) in [5.74, 6) is -0.322. The fourth-order valence-electron chi connectivity index (χ4n) is 2.36. The molecule has 3 rings (SSSR count). The Hall–Kier alpha value is -2.83. The molecule has 1 amide bonds. The summed E-state index contributed by atoms with van der Waals surface area (Å²) >= 11 is -2.10. The van der Waals surface area contributed by atoms with E-state index in [1.807, 2.05) is 0 Å². The van der Waals surface area contributed by atoms with E-state index in [0.29, 0.717) is 16.8 Å². The molecule has 6 heteroatoms. The number of rotatable bonds is 4. The van der Waals surface area contributed by atoms with Gasteiger partial charge < -0.3 is 9.87 Å². The van der Waals surface area contributed by atoms with Gasteiger partial charge in [0.1, 0.15) is 6.29 Å². The minimum absolute atomic E-state index is 0.215. The van der Waals surface area contributed by atoms with Crippen molar-refractivity contribution in [3.05, 3.63) is 71.8 Å². The third-order valence-corrected chi connectivity index (χ3v) is 4.21. The molecule has 0 saturated carbocycles. The molecule has 2 N–H and O–H groups in total. The fourth-order valence-corrected chi connectivity index (χ4v) is 2.79. The molecule has 0 spiro atoms. The fraction of sp³-hybridized carbons (Fsp3) is 0. The number of carbonyl (C=O) groups is 2. The average molecular weight is 339 g/mol. The molecule has 0 bridgehead atoms. The standard InChI is InChI=1S/C18H13NO4S/c20-11-12-4-5-14-9-15(7-6-13(14)8-12)18(21)19-16-2-1-3-17(10-16)24(22)23/h1-11H,(H,19,21)(H,22,23). The number of carbonyl (C=O) groups excluding carboxylic acids is 2. The Morgan fingerprint density at radius 2 is 1.75 bits per heavy atom. The van der Waals surface area contributed by atoms with Crippen molar-refractivity contribution in [1.29, 1.82) is 0 Å². The molecule has 0 saturated heterocycles. The van der Waals surface area contributed by atoms with Gasteiger partial charge in [-0.15, -0.1) is 0 Å². The highest BCUT2D eigenvalue weighted by Gasteiger charge is 2.09. The van der Waals surface area contributed by atoms with Gasteiger partial charge in [0, 0.05) is 16.8 Å². The highest BCUT2D eigenvalue weighted by Crippen LogP contribution is 2.19. The molecule has 5 nitrogen and oxygen atoms in total. The number of aldehydes is 1. The monoisotopic (exact) mass is 339 g/mol. The summed E-state index contributed by atoms with van der Waals surface area (Å²) in [6.45, 7) is 0. The van der Waals surface area contributed by atoms with Gasteiger partial charge in [0.15, 0.2) is 11.1 Å². The van der Waals surface area contributed by atoms with Crippen LogP contribution in [0.15, 0.2) is 65.6 Å². The number of hydrogen-bond donors (Lipinski definition) is 2. The molecule has 24 heavy (non-hydrogen) atoms. The average Bonchev–Trinajstić information content (AvgIpc) is 2.61. The third-order valence-electron chi connectivity index (χ3n) is 3.56. The van der Waals surface area contributed by atoms with E-state index in [1.165, 1.54) is 12.1 Å². The molecular formula is C18H13NO4S. The van der Waals surface area contributed by atoms with Crippen LogP contribution in [0.5, 0.6) is 0 Å². The van der Waals surface area contributed by atoms with E-state index >= 15 is 0 Å². The van der Waals surface area contributed by atoms with Crippen LogP contribution in [0.1, 0.15) is 20.7 Å². The summed E-state index contributed by atoms with van der Waals surface area (Å²) in [5, 5.41) is 4.42. The quantitative estimate of drug-likeness (QED) is 0.563. The second-order valence-electron chi connectivity index (χ2n) is 5.17. The molecule has 1 atom stereocenters. The van der Waals surface area contributed by atoms with E-state index in [9.17, 15) is 13.8 Å². The predicted molar refractivity (Wildman–Crippen MR) is 92.8 cm³/mol. The summed E-state index contributed by atoms with van der Waals surface area (Å²) in [4.78, 5) is 23.4. The van der Waals surface area contributed by atoms with Gasteiger partial charge in [-0.2, -0.15) is 0 Å². The second-order valence-corrected chi connectivity index (χ2v) is 6.14. The zero-order valence-electron chi connectivity index (χ0n) is 12.4. The summed E-state index contributed by atoms with van der Waals surface area (Å²) in [6.07, 6.45) is 0.776. The molecule has 3 aromatic rings. The first-order valence-corrected chi connectivity index (χ1v) is 8.19. The number of fused-ring (bicyclic) bond motifs is 1. The minimum atomic E-state index is -2.10. The van der Waals surface area contributed by atoms with Crippen LogP contribution >= 0.6 is 0 Å². The van der Waals surface area contributed by atoms with Crippen molar-refractivity contribution >= 4 is 39.7 Å². The molecule has 0 heterocycles. The highest BCUT2D eigenvalue weighted by atomic mass is 32.2. The van der Waals surface area contributed by atoms with Crippen molar-refractivity contribution in [2.75, 3.05) is 5.32 Å². The van der Waals surface area contributed by atoms with Crippen molar-refractivity contribution in [3.8, 4) is 0 Å². The summed E-state index contributed by atoms with van der Waals surface area (Å²) in [7, 11) is 0. The normalized spacial score (nSPS) is 11.9. The van der Waals surface area contributed by atoms with Crippen molar-refractivity contribution in [2.45, 2.75) is 4.90 Å². The van der Waals surface area contributed by atoms with Crippen LogP contribution in [-0.2, 0) is 11.1 Å². The summed E-state index contributed by atoms with van der Waals surface area (Å²) < 4.78 is 20.2. The first-order chi connectivity index (χ1) is 11.6. The Labute approximate surface area is 140 Å². The Kier molecular flexibility index (Phi) is 4.50. The van der Waals surface area contributed by atoms with Crippen LogP contribution < -0.4 is 5.32 Å². The lowest BCUT2D eigenvalue weighted by Gasteiger charge is -2.07. The Balaban J connectivity index is 1.87. The number of nitrogens with one attached hydrogen (secondary N) is 1. The van der Waals surface area contributed by atoms with Gasteiger partial charge >= 0.3 is 0 Å². The van der Waals surface area contributed by atoms with Gasteiger partial charge in [-0.1, -0.05) is 24.3 Å². The lowest BCUT2D eigenvalue weighted by atomic mass is 10.0. The van der Waals surface area contributed by atoms with E-state index < -0.39 is 11.1 Å². The van der Waals surface area contributed by atoms with Gasteiger partial charge in [0.2, 0.25) is 0 Å². The van der Waals surface area contributed by atoms with Crippen LogP contribution in [-0.4, -0.2) is 21.0 Å². The van der Waals surface area contributed by atoms with Crippen molar-refractivity contribution in [3.63, 3.8) is 0 Å². The molecular weight excluding hydrogens is 326 g/mol. The lowest BCUT2D eigenvalue weighted by molar-refractivity contribution is 0.102. The zero-order chi connectivity index (χ0) is 17.1. The highest BCUT2D eigenvalue weighted by molar-refractivity contribution is 7.79. The molecule has 0 fully saturated rings. The predicted octanol–water partition coefficient (Wildman–Crippen LogP) is 3.49. The third kappa shape index (κ3) is 3.40. The second kappa shape index (κ2) is 6.74. The first kappa shape index (κ1) is 16.0. The molecule has 0 radical (unpaired) electrons. The van der Waals surface area contributed by atoms with Gasteiger partial charge in [-0.25, -0.2) is 4.21 Å². The van der Waals surface area contributed by atoms with E-state index in [0.717, 1.165) is 17.1 Å². The van der Waals surface area contributed by atoms with Gasteiger partial charge in [0.05, 0.1) is 4.90 Å². The van der Waals surface area contributed by atoms with Crippen LogP contribution in [0.25, 0.3) is 10.8 Å². The van der Waals surface area contributed by atoms with Gasteiger partial charge in [0.25, 0.3) is 5.91 Å². The SMILES string of the molecule is O=Cc1ccc2cc(C(=O)Nc3cccc(S(=O)O)c3)ccc2c1. The maximum absolute atomic E-state index is 12.4. The topological polar surface area (TPSA) is 83.5 Å². The lowest BCUT2D eigenvalue weighted by Crippen LogP contribution is -2.12. The number of hydrogen-bond acceptors (Lipinski definition) is 3. The van der Waals surface area contributed by atoms with Gasteiger partial charge in [-0.05, 0) is 47.2 Å². The van der Waals surface area contributed by atoms with E-state index in [-0.39, 0.29) is 10.8 Å². The summed E-state index contributed by atoms with van der Waals surface area (Å²) in [6, 6.07) is 16.6. The Morgan fingerprint density at radius 3 is 2.50 bits per heavy atom. The van der Waals surface area contributed by atoms with Crippen LogP contribution in [0.3, 0.4) is 0 Å². The van der Waals surface area contributed by atoms with Crippen molar-refractivity contribution < 1.29 is 18.4 Å². The van der Waals surface area contributed by atoms with Crippen LogP contribution in [0.2, 0.25) is 0 Å². The maximum Gasteiger partial charge on any atom is 0.255 e. The molecule has 0 aliphatic carbocycles. The van der Waals surface area contributed by atoms with Gasteiger partial charge in [-0.3, -0.25) is 9.59 Å². The zero-order valence-corrected chi connectivity index (χ0v) is 13.2. The van der Waals surface area contributed by atoms with Crippen LogP contribution in [0.4, 0.5) is 5.69 Å². The molecule has 0 aromatic heterocycles. The van der Waals surface area contributed by atoms with E-state index in [2.05, 4.69) is 5.32 Å². The smallest absolute Gasteiger partial charge is 0.255 e. The van der Waals surface area contributed by atoms with E-state index in [4.69, 9.17) is 4.55 Å². The Bertz CT molecular complexity index is 968. The Morgan fingerprint density at radius 1 is 1.00 bits per heavy atom. The first-order valence-electron chi connectivity index (χ1n) is 7.08. The molecule has 1 unspecified atom stereocenters. The van der Waals surface area contributed by atoms with E-state index in [1.54, 1.807) is 48.5 Å². The molecule has 3 aromatic carbocycles. The number of amides is 1. The van der Waals surface area contributed by atoms with Crippen LogP contribution in [0, 0.1) is 0 Å². The van der Waals surface area contributed by atoms with Crippen molar-refractivity contribution in [2.24, 2.45) is 0 Å². The van der Waals surface area contributed by atoms with Crippen molar-refractivity contribution in [1.82, 2.24) is 0 Å². The molecule has 120 valence electrons. The largest absolute Gasteiger partial charge is 0.322 e.